The van der Waals surface area contributed by atoms with Crippen LogP contribution in [0, 0.1) is 0 Å². The van der Waals surface area contributed by atoms with Gasteiger partial charge in [-0.05, 0) is 6.42 Å². The molecule has 0 aromatic carbocycles. The van der Waals surface area contributed by atoms with Crippen LogP contribution in [0.15, 0.2) is 0 Å². The second-order valence-electron chi connectivity index (χ2n) is 4.81. The quantitative estimate of drug-likeness (QED) is 0.748. The summed E-state index contributed by atoms with van der Waals surface area (Å²) < 4.78 is 41.7. The number of methoxy groups -OCH3 is 1. The van der Waals surface area contributed by atoms with E-state index in [0.29, 0.717) is 11.3 Å². The Hall–Kier alpha value is -1.35. The molecule has 1 saturated heterocycles. The summed E-state index contributed by atoms with van der Waals surface area (Å²) in [5.74, 6) is -1.33. The summed E-state index contributed by atoms with van der Waals surface area (Å²) in [4.78, 5) is 25.0. The average Bonchev–Trinajstić information content (AvgIpc) is 2.70. The van der Waals surface area contributed by atoms with E-state index in [1.807, 2.05) is 0 Å². The molecule has 9 heteroatoms. The van der Waals surface area contributed by atoms with Gasteiger partial charge in [-0.3, -0.25) is 14.5 Å². The summed E-state index contributed by atoms with van der Waals surface area (Å²) in [6.07, 6.45) is -4.37. The van der Waals surface area contributed by atoms with Crippen molar-refractivity contribution in [2.75, 3.05) is 33.8 Å². The van der Waals surface area contributed by atoms with Gasteiger partial charge in [0.1, 0.15) is 6.54 Å². The van der Waals surface area contributed by atoms with Gasteiger partial charge >= 0.3 is 6.18 Å². The number of nitrogens with two attached hydrogens (primary N) is 1. The lowest BCUT2D eigenvalue weighted by Crippen LogP contribution is -2.47. The molecule has 1 aliphatic rings. The Morgan fingerprint density at radius 3 is 2.50 bits per heavy atom. The number of alkyl halides is 3. The number of likely N-dealkylation sites (N-methyl/N-ethyl adjacent to an activating group) is 1. The second kappa shape index (κ2) is 6.40. The van der Waals surface area contributed by atoms with Crippen LogP contribution in [0.4, 0.5) is 13.2 Å². The molecule has 1 fully saturated rings. The van der Waals surface area contributed by atoms with E-state index in [-0.39, 0.29) is 19.2 Å². The minimum atomic E-state index is -4.45. The topological polar surface area (TPSA) is 75.9 Å². The Balaban J connectivity index is 2.61. The monoisotopic (exact) mass is 297 g/mol. The van der Waals surface area contributed by atoms with Gasteiger partial charge in [0.05, 0.1) is 18.7 Å². The van der Waals surface area contributed by atoms with Crippen molar-refractivity contribution in [1.29, 1.82) is 0 Å². The van der Waals surface area contributed by atoms with E-state index in [4.69, 9.17) is 10.5 Å². The zero-order valence-corrected chi connectivity index (χ0v) is 11.3. The molecule has 1 heterocycles. The molecular weight excluding hydrogens is 279 g/mol. The van der Waals surface area contributed by atoms with Crippen molar-refractivity contribution >= 4 is 11.8 Å². The van der Waals surface area contributed by atoms with Crippen LogP contribution in [0.3, 0.4) is 0 Å². The minimum Gasteiger partial charge on any atom is -0.380 e. The fraction of sp³-hybridized carbons (Fsp3) is 0.818. The summed E-state index contributed by atoms with van der Waals surface area (Å²) >= 11 is 0. The fourth-order valence-corrected chi connectivity index (χ4v) is 2.15. The lowest BCUT2D eigenvalue weighted by atomic mass is 10.2. The molecule has 6 nitrogen and oxygen atoms in total. The summed E-state index contributed by atoms with van der Waals surface area (Å²) in [5, 5.41) is 0. The van der Waals surface area contributed by atoms with Gasteiger partial charge in [-0.2, -0.15) is 13.2 Å². The number of amides is 2. The van der Waals surface area contributed by atoms with E-state index in [2.05, 4.69) is 0 Å². The molecule has 0 aromatic heterocycles. The van der Waals surface area contributed by atoms with Crippen molar-refractivity contribution in [3.8, 4) is 0 Å². The molecular formula is C11H18F3N3O3. The zero-order valence-electron chi connectivity index (χ0n) is 11.3. The van der Waals surface area contributed by atoms with Crippen LogP contribution in [0.2, 0.25) is 0 Å². The predicted octanol–water partition coefficient (Wildman–Crippen LogP) is -0.418. The van der Waals surface area contributed by atoms with Crippen molar-refractivity contribution in [1.82, 2.24) is 9.80 Å². The second-order valence-corrected chi connectivity index (χ2v) is 4.81. The SMILES string of the molecule is CO[C@H]1C[C@@H](C(N)=O)N(CC(=O)N(C)CC(F)(F)F)C1. The van der Waals surface area contributed by atoms with Crippen molar-refractivity contribution in [2.24, 2.45) is 5.73 Å². The minimum absolute atomic E-state index is 0.256. The molecule has 116 valence electrons. The number of primary amides is 1. The highest BCUT2D eigenvalue weighted by molar-refractivity contribution is 5.82. The molecule has 0 radical (unpaired) electrons. The third-order valence-corrected chi connectivity index (χ3v) is 3.21. The molecule has 1 rings (SSSR count). The maximum atomic E-state index is 12.2. The number of carbonyl (C=O) groups is 2. The number of carbonyl (C=O) groups excluding carboxylic acids is 2. The van der Waals surface area contributed by atoms with Gasteiger partial charge in [-0.15, -0.1) is 0 Å². The number of hydrogen-bond donors (Lipinski definition) is 1. The van der Waals surface area contributed by atoms with Crippen molar-refractivity contribution in [3.63, 3.8) is 0 Å². The Morgan fingerprint density at radius 2 is 2.05 bits per heavy atom. The molecule has 0 unspecified atom stereocenters. The van der Waals surface area contributed by atoms with Crippen LogP contribution in [0.5, 0.6) is 0 Å². The van der Waals surface area contributed by atoms with Crippen LogP contribution in [-0.2, 0) is 14.3 Å². The molecule has 0 aromatic rings. The van der Waals surface area contributed by atoms with Crippen molar-refractivity contribution in [3.05, 3.63) is 0 Å². The highest BCUT2D eigenvalue weighted by Gasteiger charge is 2.38. The third-order valence-electron chi connectivity index (χ3n) is 3.21. The predicted molar refractivity (Wildman–Crippen MR) is 63.7 cm³/mol. The third kappa shape index (κ3) is 4.64. The summed E-state index contributed by atoms with van der Waals surface area (Å²) in [5.41, 5.74) is 5.22. The van der Waals surface area contributed by atoms with Crippen LogP contribution in [0.25, 0.3) is 0 Å². The number of hydrogen-bond acceptors (Lipinski definition) is 4. The maximum absolute atomic E-state index is 12.2. The molecule has 2 amide bonds. The van der Waals surface area contributed by atoms with Gasteiger partial charge in [0.15, 0.2) is 0 Å². The first-order chi connectivity index (χ1) is 9.14. The normalized spacial score (nSPS) is 23.9. The maximum Gasteiger partial charge on any atom is 0.406 e. The molecule has 0 saturated carbocycles. The lowest BCUT2D eigenvalue weighted by Gasteiger charge is -2.25. The van der Waals surface area contributed by atoms with Crippen molar-refractivity contribution < 1.29 is 27.5 Å². The van der Waals surface area contributed by atoms with E-state index in [9.17, 15) is 22.8 Å². The molecule has 1 aliphatic heterocycles. The Morgan fingerprint density at radius 1 is 1.45 bits per heavy atom. The molecule has 20 heavy (non-hydrogen) atoms. The molecule has 0 aliphatic carbocycles. The van der Waals surface area contributed by atoms with Crippen LogP contribution >= 0.6 is 0 Å². The molecule has 2 atom stereocenters. The molecule has 0 bridgehead atoms. The highest BCUT2D eigenvalue weighted by atomic mass is 19.4. The van der Waals surface area contributed by atoms with E-state index >= 15 is 0 Å². The Kier molecular flexibility index (Phi) is 5.35. The van der Waals surface area contributed by atoms with Crippen LogP contribution in [0.1, 0.15) is 6.42 Å². The van der Waals surface area contributed by atoms with E-state index < -0.39 is 30.6 Å². The van der Waals surface area contributed by atoms with Gasteiger partial charge in [-0.25, -0.2) is 0 Å². The first kappa shape index (κ1) is 16.7. The van der Waals surface area contributed by atoms with Crippen molar-refractivity contribution in [2.45, 2.75) is 24.7 Å². The van der Waals surface area contributed by atoms with Gasteiger partial charge in [0.2, 0.25) is 11.8 Å². The highest BCUT2D eigenvalue weighted by Crippen LogP contribution is 2.20. The first-order valence-corrected chi connectivity index (χ1v) is 6.01. The van der Waals surface area contributed by atoms with Gasteiger partial charge < -0.3 is 15.4 Å². The molecule has 2 N–H and O–H groups in total. The summed E-state index contributed by atoms with van der Waals surface area (Å²) in [7, 11) is 2.53. The molecule has 0 spiro atoms. The number of halogens is 3. The first-order valence-electron chi connectivity index (χ1n) is 6.01. The average molecular weight is 297 g/mol. The number of ether oxygens (including phenoxy) is 1. The lowest BCUT2D eigenvalue weighted by molar-refractivity contribution is -0.159. The van der Waals surface area contributed by atoms with Crippen LogP contribution < -0.4 is 5.73 Å². The van der Waals surface area contributed by atoms with E-state index in [1.54, 1.807) is 0 Å². The van der Waals surface area contributed by atoms with Gasteiger partial charge in [0, 0.05) is 20.7 Å². The van der Waals surface area contributed by atoms with Gasteiger partial charge in [0.25, 0.3) is 0 Å². The summed E-state index contributed by atoms with van der Waals surface area (Å²) in [6, 6.07) is -0.691. The fourth-order valence-electron chi connectivity index (χ4n) is 2.15. The van der Waals surface area contributed by atoms with E-state index in [1.165, 1.54) is 12.0 Å². The summed E-state index contributed by atoms with van der Waals surface area (Å²) in [6.45, 7) is -1.33. The van der Waals surface area contributed by atoms with Gasteiger partial charge in [-0.1, -0.05) is 0 Å². The Bertz CT molecular complexity index is 376. The standard InChI is InChI=1S/C11H18F3N3O3/c1-16(6-11(12,13)14)9(18)5-17-4-7(20-2)3-8(17)10(15)19/h7-8H,3-6H2,1-2H3,(H2,15,19)/t7-,8-/m0/s1. The van der Waals surface area contributed by atoms with E-state index in [0.717, 1.165) is 7.05 Å². The largest absolute Gasteiger partial charge is 0.406 e. The number of rotatable bonds is 5. The zero-order chi connectivity index (χ0) is 15.5. The number of nitrogens with zero attached hydrogens (tertiary/aromatic N) is 2. The Labute approximate surface area is 114 Å². The number of likely N-dealkylation sites (tertiary alicyclic amines) is 1. The smallest absolute Gasteiger partial charge is 0.380 e. The van der Waals surface area contributed by atoms with Crippen LogP contribution in [-0.4, -0.2) is 73.7 Å².